The molecule has 5 nitrogen and oxygen atoms in total. The Hall–Kier alpha value is -1.33. The summed E-state index contributed by atoms with van der Waals surface area (Å²) in [5.41, 5.74) is 1.19. The molecular formula is C18H31N3O2. The van der Waals surface area contributed by atoms with Crippen molar-refractivity contribution in [1.82, 2.24) is 14.4 Å². The number of nitrogens with zero attached hydrogens (tertiary/aromatic N) is 3. The topological polar surface area (TPSA) is 37.7 Å². The predicted molar refractivity (Wildman–Crippen MR) is 92.2 cm³/mol. The van der Waals surface area contributed by atoms with Crippen LogP contribution in [0.4, 0.5) is 0 Å². The fourth-order valence-corrected chi connectivity index (χ4v) is 2.94. The molecule has 1 aliphatic rings. The van der Waals surface area contributed by atoms with Gasteiger partial charge in [-0.05, 0) is 24.5 Å². The van der Waals surface area contributed by atoms with Crippen LogP contribution >= 0.6 is 0 Å². The zero-order chi connectivity index (χ0) is 16.7. The quantitative estimate of drug-likeness (QED) is 0.736. The largest absolute Gasteiger partial charge is 0.379 e. The van der Waals surface area contributed by atoms with E-state index in [1.54, 1.807) is 0 Å². The summed E-state index contributed by atoms with van der Waals surface area (Å²) in [5, 5.41) is 0. The summed E-state index contributed by atoms with van der Waals surface area (Å²) < 4.78 is 7.48. The van der Waals surface area contributed by atoms with Crippen LogP contribution in [0.2, 0.25) is 0 Å². The van der Waals surface area contributed by atoms with E-state index in [0.29, 0.717) is 18.9 Å². The van der Waals surface area contributed by atoms with Gasteiger partial charge in [0, 0.05) is 51.5 Å². The second-order valence-electron chi connectivity index (χ2n) is 6.83. The molecule has 1 saturated heterocycles. The Morgan fingerprint density at radius 1 is 1.35 bits per heavy atom. The lowest BCUT2D eigenvalue weighted by Crippen LogP contribution is -2.39. The van der Waals surface area contributed by atoms with Crippen LogP contribution in [-0.2, 0) is 23.1 Å². The number of ether oxygens (including phenoxy) is 1. The number of carbonyl (C=O) groups is 1. The SMILES string of the molecule is CC(C)CC(=O)N(CCCN1CCOCC1)Cc1cccn1C. The third-order valence-electron chi connectivity index (χ3n) is 4.35. The highest BCUT2D eigenvalue weighted by atomic mass is 16.5. The standard InChI is InChI=1S/C18H31N3O2/c1-16(2)14-18(22)21(15-17-6-4-7-19(17)3)9-5-8-20-10-12-23-13-11-20/h4,6-7,16H,5,8-15H2,1-3H3. The summed E-state index contributed by atoms with van der Waals surface area (Å²) in [5.74, 6) is 0.667. The van der Waals surface area contributed by atoms with Crippen LogP contribution in [0.1, 0.15) is 32.4 Å². The van der Waals surface area contributed by atoms with Crippen molar-refractivity contribution >= 4 is 5.91 Å². The van der Waals surface area contributed by atoms with Gasteiger partial charge >= 0.3 is 0 Å². The lowest BCUT2D eigenvalue weighted by molar-refractivity contribution is -0.132. The highest BCUT2D eigenvalue weighted by Crippen LogP contribution is 2.11. The van der Waals surface area contributed by atoms with Gasteiger partial charge in [-0.1, -0.05) is 13.8 Å². The maximum Gasteiger partial charge on any atom is 0.223 e. The van der Waals surface area contributed by atoms with Gasteiger partial charge in [0.15, 0.2) is 0 Å². The number of carbonyl (C=O) groups excluding carboxylic acids is 1. The number of morpholine rings is 1. The summed E-state index contributed by atoms with van der Waals surface area (Å²) in [6, 6.07) is 4.13. The number of amides is 1. The lowest BCUT2D eigenvalue weighted by Gasteiger charge is -2.29. The van der Waals surface area contributed by atoms with E-state index in [0.717, 1.165) is 45.8 Å². The predicted octanol–water partition coefficient (Wildman–Crippen LogP) is 2.12. The van der Waals surface area contributed by atoms with E-state index in [1.807, 2.05) is 24.2 Å². The molecule has 0 radical (unpaired) electrons. The van der Waals surface area contributed by atoms with E-state index >= 15 is 0 Å². The molecule has 130 valence electrons. The van der Waals surface area contributed by atoms with Gasteiger partial charge in [-0.3, -0.25) is 9.69 Å². The van der Waals surface area contributed by atoms with Crippen molar-refractivity contribution < 1.29 is 9.53 Å². The van der Waals surface area contributed by atoms with Crippen LogP contribution in [-0.4, -0.2) is 59.7 Å². The first kappa shape index (κ1) is 18.0. The summed E-state index contributed by atoms with van der Waals surface area (Å²) in [6.07, 6.45) is 3.68. The highest BCUT2D eigenvalue weighted by molar-refractivity contribution is 5.76. The Morgan fingerprint density at radius 2 is 2.09 bits per heavy atom. The molecule has 1 aromatic rings. The average Bonchev–Trinajstić information content (AvgIpc) is 2.92. The minimum absolute atomic E-state index is 0.267. The van der Waals surface area contributed by atoms with Crippen LogP contribution < -0.4 is 0 Å². The Balaban J connectivity index is 1.87. The fourth-order valence-electron chi connectivity index (χ4n) is 2.94. The van der Waals surface area contributed by atoms with Crippen LogP contribution in [0.3, 0.4) is 0 Å². The molecule has 5 heteroatoms. The highest BCUT2D eigenvalue weighted by Gasteiger charge is 2.17. The van der Waals surface area contributed by atoms with Crippen molar-refractivity contribution in [1.29, 1.82) is 0 Å². The zero-order valence-electron chi connectivity index (χ0n) is 14.8. The van der Waals surface area contributed by atoms with Crippen molar-refractivity contribution in [2.75, 3.05) is 39.4 Å². The van der Waals surface area contributed by atoms with Crippen LogP contribution in [0.25, 0.3) is 0 Å². The minimum atomic E-state index is 0.267. The number of hydrogen-bond acceptors (Lipinski definition) is 3. The van der Waals surface area contributed by atoms with Gasteiger partial charge in [0.1, 0.15) is 0 Å². The molecule has 0 saturated carbocycles. The number of aromatic nitrogens is 1. The minimum Gasteiger partial charge on any atom is -0.379 e. The number of rotatable bonds is 8. The van der Waals surface area contributed by atoms with Crippen LogP contribution in [0, 0.1) is 5.92 Å². The monoisotopic (exact) mass is 321 g/mol. The Labute approximate surface area is 140 Å². The van der Waals surface area contributed by atoms with Gasteiger partial charge in [0.2, 0.25) is 5.91 Å². The fraction of sp³-hybridized carbons (Fsp3) is 0.722. The molecule has 0 aliphatic carbocycles. The molecular weight excluding hydrogens is 290 g/mol. The van der Waals surface area contributed by atoms with E-state index in [4.69, 9.17) is 4.74 Å². The third-order valence-corrected chi connectivity index (χ3v) is 4.35. The van der Waals surface area contributed by atoms with E-state index in [-0.39, 0.29) is 5.91 Å². The third kappa shape index (κ3) is 5.99. The first-order valence-electron chi connectivity index (χ1n) is 8.74. The second kappa shape index (κ2) is 9.08. The first-order chi connectivity index (χ1) is 11.1. The zero-order valence-corrected chi connectivity index (χ0v) is 14.8. The molecule has 0 aromatic carbocycles. The average molecular weight is 321 g/mol. The molecule has 0 N–H and O–H groups in total. The number of hydrogen-bond donors (Lipinski definition) is 0. The Morgan fingerprint density at radius 3 is 2.70 bits per heavy atom. The van der Waals surface area contributed by atoms with E-state index in [2.05, 4.69) is 29.4 Å². The summed E-state index contributed by atoms with van der Waals surface area (Å²) >= 11 is 0. The molecule has 0 spiro atoms. The smallest absolute Gasteiger partial charge is 0.223 e. The first-order valence-corrected chi connectivity index (χ1v) is 8.74. The van der Waals surface area contributed by atoms with Gasteiger partial charge < -0.3 is 14.2 Å². The maximum absolute atomic E-state index is 12.6. The second-order valence-corrected chi connectivity index (χ2v) is 6.83. The van der Waals surface area contributed by atoms with Crippen molar-refractivity contribution in [3.05, 3.63) is 24.0 Å². The normalized spacial score (nSPS) is 16.0. The Kier molecular flexibility index (Phi) is 7.12. The van der Waals surface area contributed by atoms with Gasteiger partial charge in [-0.25, -0.2) is 0 Å². The summed E-state index contributed by atoms with van der Waals surface area (Å²) in [7, 11) is 2.04. The van der Waals surface area contributed by atoms with E-state index in [9.17, 15) is 4.79 Å². The van der Waals surface area contributed by atoms with Gasteiger partial charge in [-0.2, -0.15) is 0 Å². The maximum atomic E-state index is 12.6. The molecule has 0 unspecified atom stereocenters. The van der Waals surface area contributed by atoms with Crippen LogP contribution in [0.15, 0.2) is 18.3 Å². The van der Waals surface area contributed by atoms with Crippen molar-refractivity contribution in [3.8, 4) is 0 Å². The van der Waals surface area contributed by atoms with Gasteiger partial charge in [0.05, 0.1) is 19.8 Å². The molecule has 1 aromatic heterocycles. The summed E-state index contributed by atoms with van der Waals surface area (Å²) in [4.78, 5) is 17.0. The lowest BCUT2D eigenvalue weighted by atomic mass is 10.1. The Bertz CT molecular complexity index is 478. The van der Waals surface area contributed by atoms with E-state index < -0.39 is 0 Å². The molecule has 0 atom stereocenters. The van der Waals surface area contributed by atoms with Crippen molar-refractivity contribution in [3.63, 3.8) is 0 Å². The molecule has 2 heterocycles. The van der Waals surface area contributed by atoms with Gasteiger partial charge in [-0.15, -0.1) is 0 Å². The van der Waals surface area contributed by atoms with Crippen LogP contribution in [0.5, 0.6) is 0 Å². The molecule has 0 bridgehead atoms. The van der Waals surface area contributed by atoms with Gasteiger partial charge in [0.25, 0.3) is 0 Å². The number of aryl methyl sites for hydroxylation is 1. The van der Waals surface area contributed by atoms with Crippen molar-refractivity contribution in [2.45, 2.75) is 33.2 Å². The molecule has 2 rings (SSSR count). The molecule has 1 aliphatic heterocycles. The molecule has 23 heavy (non-hydrogen) atoms. The molecule has 1 amide bonds. The molecule has 1 fully saturated rings. The van der Waals surface area contributed by atoms with E-state index in [1.165, 1.54) is 5.69 Å². The van der Waals surface area contributed by atoms with Crippen molar-refractivity contribution in [2.24, 2.45) is 13.0 Å². The summed E-state index contributed by atoms with van der Waals surface area (Å²) in [6.45, 7) is 10.5.